The second kappa shape index (κ2) is 8.78. The number of hydrogen-bond donors (Lipinski definition) is 5. The Balaban J connectivity index is 1.55. The van der Waals surface area contributed by atoms with Gasteiger partial charge in [0.05, 0.1) is 30.5 Å². The summed E-state index contributed by atoms with van der Waals surface area (Å²) in [5, 5.41) is 53.5. The van der Waals surface area contributed by atoms with Gasteiger partial charge in [-0.25, -0.2) is 0 Å². The van der Waals surface area contributed by atoms with E-state index >= 15 is 0 Å². The highest BCUT2D eigenvalue weighted by Crippen LogP contribution is 2.68. The number of aliphatic hydroxyl groups is 5. The van der Waals surface area contributed by atoms with Crippen LogP contribution < -0.4 is 0 Å². The standard InChI is InChI=1S/C27H48O5/c1-14(2)10-23(30)25(32)15(3)17-6-7-18-16-11-21(28)20-12-22(29)24(31)13-27(20,5)19(16)8-9-26(17,18)4/h14-25,28-32H,6-13H2,1-5H3/t15-,16-,17+,18-,19-,20+,21-,22-,23+,24+,25+,26+,27+/m0/s1. The molecule has 5 N–H and O–H groups in total. The van der Waals surface area contributed by atoms with Gasteiger partial charge in [0.25, 0.3) is 0 Å². The molecule has 4 fully saturated rings. The van der Waals surface area contributed by atoms with Crippen molar-refractivity contribution in [2.24, 2.45) is 52.3 Å². The lowest BCUT2D eigenvalue weighted by Crippen LogP contribution is -2.60. The highest BCUT2D eigenvalue weighted by atomic mass is 16.3. The molecule has 5 heteroatoms. The topological polar surface area (TPSA) is 101 Å². The first-order chi connectivity index (χ1) is 14.9. The van der Waals surface area contributed by atoms with Gasteiger partial charge in [-0.3, -0.25) is 0 Å². The van der Waals surface area contributed by atoms with Crippen LogP contribution in [0.5, 0.6) is 0 Å². The predicted molar refractivity (Wildman–Crippen MR) is 125 cm³/mol. The summed E-state index contributed by atoms with van der Waals surface area (Å²) in [6.45, 7) is 11.0. The summed E-state index contributed by atoms with van der Waals surface area (Å²) >= 11 is 0. The van der Waals surface area contributed by atoms with E-state index < -0.39 is 30.5 Å². The van der Waals surface area contributed by atoms with Crippen LogP contribution >= 0.6 is 0 Å². The van der Waals surface area contributed by atoms with Crippen LogP contribution in [-0.4, -0.2) is 56.1 Å². The van der Waals surface area contributed by atoms with Crippen LogP contribution in [0.15, 0.2) is 0 Å². The van der Waals surface area contributed by atoms with E-state index in [9.17, 15) is 25.5 Å². The second-order valence-corrected chi connectivity index (χ2v) is 13.1. The van der Waals surface area contributed by atoms with Gasteiger partial charge in [0.15, 0.2) is 0 Å². The number of rotatable bonds is 5. The summed E-state index contributed by atoms with van der Waals surface area (Å²) < 4.78 is 0. The Hall–Kier alpha value is -0.200. The lowest BCUT2D eigenvalue weighted by molar-refractivity contribution is -0.196. The van der Waals surface area contributed by atoms with Gasteiger partial charge in [-0.1, -0.05) is 34.6 Å². The van der Waals surface area contributed by atoms with E-state index in [-0.39, 0.29) is 22.7 Å². The zero-order valence-corrected chi connectivity index (χ0v) is 20.8. The van der Waals surface area contributed by atoms with Gasteiger partial charge >= 0.3 is 0 Å². The first-order valence-electron chi connectivity index (χ1n) is 13.3. The average molecular weight is 453 g/mol. The molecule has 0 aromatic carbocycles. The molecule has 4 aliphatic carbocycles. The number of hydrogen-bond acceptors (Lipinski definition) is 5. The summed E-state index contributed by atoms with van der Waals surface area (Å²) in [4.78, 5) is 0. The predicted octanol–water partition coefficient (Wildman–Crippen LogP) is 3.35. The summed E-state index contributed by atoms with van der Waals surface area (Å²) in [6.07, 6.45) is 3.73. The third-order valence-corrected chi connectivity index (χ3v) is 11.1. The molecule has 0 unspecified atom stereocenters. The normalized spacial score (nSPS) is 51.5. The Bertz CT molecular complexity index is 668. The fourth-order valence-electron chi connectivity index (χ4n) is 9.44. The van der Waals surface area contributed by atoms with Crippen molar-refractivity contribution in [3.63, 3.8) is 0 Å². The van der Waals surface area contributed by atoms with Gasteiger partial charge in [-0.15, -0.1) is 0 Å². The van der Waals surface area contributed by atoms with Gasteiger partial charge < -0.3 is 25.5 Å². The Labute approximate surface area is 194 Å². The zero-order chi connectivity index (χ0) is 23.6. The molecule has 0 amide bonds. The second-order valence-electron chi connectivity index (χ2n) is 13.1. The summed E-state index contributed by atoms with van der Waals surface area (Å²) in [6, 6.07) is 0. The Morgan fingerprint density at radius 2 is 1.44 bits per heavy atom. The quantitative estimate of drug-likeness (QED) is 0.440. The number of fused-ring (bicyclic) bond motifs is 5. The minimum atomic E-state index is -0.719. The van der Waals surface area contributed by atoms with Crippen molar-refractivity contribution >= 4 is 0 Å². The molecule has 0 spiro atoms. The third kappa shape index (κ3) is 3.88. The van der Waals surface area contributed by atoms with E-state index in [1.807, 2.05) is 0 Å². The summed E-state index contributed by atoms with van der Waals surface area (Å²) in [7, 11) is 0. The molecule has 0 bridgehead atoms. The van der Waals surface area contributed by atoms with Gasteiger partial charge in [-0.2, -0.15) is 0 Å². The first kappa shape index (κ1) is 24.9. The molecule has 4 saturated carbocycles. The molecule has 13 atom stereocenters. The molecule has 0 aliphatic heterocycles. The summed E-state index contributed by atoms with van der Waals surface area (Å²) in [5.74, 6) is 2.28. The Morgan fingerprint density at radius 3 is 2.09 bits per heavy atom. The van der Waals surface area contributed by atoms with Gasteiger partial charge in [0.2, 0.25) is 0 Å². The molecule has 0 radical (unpaired) electrons. The van der Waals surface area contributed by atoms with Crippen LogP contribution in [-0.2, 0) is 0 Å². The van der Waals surface area contributed by atoms with Crippen molar-refractivity contribution in [1.82, 2.24) is 0 Å². The van der Waals surface area contributed by atoms with Crippen LogP contribution in [0.3, 0.4) is 0 Å². The maximum Gasteiger partial charge on any atom is 0.0827 e. The van der Waals surface area contributed by atoms with Crippen LogP contribution in [0, 0.1) is 52.3 Å². The molecule has 0 aromatic heterocycles. The van der Waals surface area contributed by atoms with Crippen molar-refractivity contribution in [1.29, 1.82) is 0 Å². The van der Waals surface area contributed by atoms with Crippen molar-refractivity contribution in [2.45, 2.75) is 117 Å². The minimum absolute atomic E-state index is 0.0544. The smallest absolute Gasteiger partial charge is 0.0827 e. The molecular weight excluding hydrogens is 404 g/mol. The largest absolute Gasteiger partial charge is 0.393 e. The molecule has 4 rings (SSSR count). The maximum atomic E-state index is 11.2. The highest BCUT2D eigenvalue weighted by Gasteiger charge is 2.63. The highest BCUT2D eigenvalue weighted by molar-refractivity contribution is 5.12. The summed E-state index contributed by atoms with van der Waals surface area (Å²) in [5.41, 5.74) is -0.00614. The SMILES string of the molecule is CC(C)C[C@@H](O)[C@H](O)[C@@H](C)[C@H]1CC[C@H]2[C@@H]3C[C@H](O)[C@H]4C[C@H](O)[C@H](O)C[C@]4(C)[C@H]3CC[C@]12C. The fraction of sp³-hybridized carbons (Fsp3) is 1.00. The van der Waals surface area contributed by atoms with Gasteiger partial charge in [0, 0.05) is 0 Å². The van der Waals surface area contributed by atoms with Crippen LogP contribution in [0.25, 0.3) is 0 Å². The van der Waals surface area contributed by atoms with E-state index in [0.29, 0.717) is 48.9 Å². The van der Waals surface area contributed by atoms with Crippen molar-refractivity contribution in [3.05, 3.63) is 0 Å². The number of aliphatic hydroxyl groups excluding tert-OH is 5. The van der Waals surface area contributed by atoms with Crippen LogP contribution in [0.1, 0.15) is 86.0 Å². The molecule has 32 heavy (non-hydrogen) atoms. The van der Waals surface area contributed by atoms with Crippen molar-refractivity contribution in [3.8, 4) is 0 Å². The maximum absolute atomic E-state index is 11.2. The molecule has 4 aliphatic rings. The molecule has 5 nitrogen and oxygen atoms in total. The minimum Gasteiger partial charge on any atom is -0.393 e. The van der Waals surface area contributed by atoms with Crippen LogP contribution in [0.4, 0.5) is 0 Å². The Kier molecular flexibility index (Phi) is 6.84. The lowest BCUT2D eigenvalue weighted by atomic mass is 9.43. The van der Waals surface area contributed by atoms with E-state index in [4.69, 9.17) is 0 Å². The molecular formula is C27H48O5. The molecule has 0 heterocycles. The lowest BCUT2D eigenvalue weighted by Gasteiger charge is -2.63. The van der Waals surface area contributed by atoms with Gasteiger partial charge in [0.1, 0.15) is 0 Å². The fourth-order valence-corrected chi connectivity index (χ4v) is 9.44. The average Bonchev–Trinajstić information content (AvgIpc) is 3.06. The van der Waals surface area contributed by atoms with E-state index in [1.165, 1.54) is 0 Å². The van der Waals surface area contributed by atoms with Crippen LogP contribution in [0.2, 0.25) is 0 Å². The third-order valence-electron chi connectivity index (χ3n) is 11.1. The monoisotopic (exact) mass is 452 g/mol. The van der Waals surface area contributed by atoms with E-state index in [1.54, 1.807) is 0 Å². The molecule has 186 valence electrons. The van der Waals surface area contributed by atoms with E-state index in [0.717, 1.165) is 32.1 Å². The molecule has 0 saturated heterocycles. The first-order valence-corrected chi connectivity index (χ1v) is 13.3. The van der Waals surface area contributed by atoms with Crippen molar-refractivity contribution < 1.29 is 25.5 Å². The zero-order valence-electron chi connectivity index (χ0n) is 20.8. The molecule has 0 aromatic rings. The Morgan fingerprint density at radius 1 is 0.781 bits per heavy atom. The van der Waals surface area contributed by atoms with E-state index in [2.05, 4.69) is 34.6 Å². The van der Waals surface area contributed by atoms with Gasteiger partial charge in [-0.05, 0) is 104 Å². The van der Waals surface area contributed by atoms with Crippen molar-refractivity contribution in [2.75, 3.05) is 0 Å².